The van der Waals surface area contributed by atoms with Crippen molar-refractivity contribution < 1.29 is 14.7 Å². The van der Waals surface area contributed by atoms with Crippen LogP contribution in [0.1, 0.15) is 6.42 Å². The third-order valence-electron chi connectivity index (χ3n) is 3.22. The Bertz CT molecular complexity index is 300. The average Bonchev–Trinajstić information content (AvgIpc) is 3.01. The van der Waals surface area contributed by atoms with Gasteiger partial charge in [0.1, 0.15) is 0 Å². The van der Waals surface area contributed by atoms with Gasteiger partial charge in [-0.15, -0.1) is 0 Å². The molecule has 2 aliphatic rings. The Hall–Kier alpha value is -1.14. The molecule has 0 unspecified atom stereocenters. The number of hydrazine groups is 1. The first-order chi connectivity index (χ1) is 7.58. The molecule has 0 aromatic heterocycles. The lowest BCUT2D eigenvalue weighted by molar-refractivity contribution is -0.140. The first-order valence-electron chi connectivity index (χ1n) is 5.54. The summed E-state index contributed by atoms with van der Waals surface area (Å²) in [7, 11) is 2.04. The van der Waals surface area contributed by atoms with E-state index < -0.39 is 11.9 Å². The number of hydrogen-bond acceptors (Lipinski definition) is 4. The van der Waals surface area contributed by atoms with E-state index in [1.807, 2.05) is 12.1 Å². The van der Waals surface area contributed by atoms with Crippen LogP contribution in [0.5, 0.6) is 0 Å². The van der Waals surface area contributed by atoms with Crippen molar-refractivity contribution >= 4 is 11.9 Å². The standard InChI is InChI=1S/C10H17N3O3/c1-12-2-4-13(5-3-12)11-9(14)7-6-8(7)10(15)16/h7-8H,2-6H2,1H3,(H,11,14)(H,15,16)/t7-,8+/m1/s1. The summed E-state index contributed by atoms with van der Waals surface area (Å²) in [6.45, 7) is 3.44. The summed E-state index contributed by atoms with van der Waals surface area (Å²) >= 11 is 0. The quantitative estimate of drug-likeness (QED) is 0.646. The van der Waals surface area contributed by atoms with Gasteiger partial charge in [0.15, 0.2) is 0 Å². The lowest BCUT2D eigenvalue weighted by atomic mass is 10.3. The summed E-state index contributed by atoms with van der Waals surface area (Å²) in [5, 5.41) is 10.6. The highest BCUT2D eigenvalue weighted by molar-refractivity contribution is 5.89. The van der Waals surface area contributed by atoms with E-state index in [1.54, 1.807) is 0 Å². The van der Waals surface area contributed by atoms with Crippen molar-refractivity contribution in [2.45, 2.75) is 6.42 Å². The molecule has 1 saturated carbocycles. The highest BCUT2D eigenvalue weighted by atomic mass is 16.4. The van der Waals surface area contributed by atoms with E-state index in [4.69, 9.17) is 5.11 Å². The number of nitrogens with zero attached hydrogens (tertiary/aromatic N) is 2. The summed E-state index contributed by atoms with van der Waals surface area (Å²) < 4.78 is 0. The minimum absolute atomic E-state index is 0.142. The van der Waals surface area contributed by atoms with Gasteiger partial charge in [0.25, 0.3) is 0 Å². The van der Waals surface area contributed by atoms with Crippen LogP contribution in [0.3, 0.4) is 0 Å². The van der Waals surface area contributed by atoms with Crippen LogP contribution < -0.4 is 5.43 Å². The van der Waals surface area contributed by atoms with Crippen LogP contribution in [0.15, 0.2) is 0 Å². The van der Waals surface area contributed by atoms with Gasteiger partial charge in [-0.1, -0.05) is 0 Å². The SMILES string of the molecule is CN1CCN(NC(=O)[C@@H]2C[C@@H]2C(=O)O)CC1. The number of carbonyl (C=O) groups excluding carboxylic acids is 1. The normalized spacial score (nSPS) is 31.1. The molecular weight excluding hydrogens is 210 g/mol. The van der Waals surface area contributed by atoms with Crippen molar-refractivity contribution in [3.63, 3.8) is 0 Å². The van der Waals surface area contributed by atoms with Crippen LogP contribution in [0, 0.1) is 11.8 Å². The lowest BCUT2D eigenvalue weighted by Gasteiger charge is -2.32. The molecule has 6 nitrogen and oxygen atoms in total. The highest BCUT2D eigenvalue weighted by Gasteiger charge is 2.48. The predicted molar refractivity (Wildman–Crippen MR) is 56.4 cm³/mol. The average molecular weight is 227 g/mol. The number of carbonyl (C=O) groups is 2. The van der Waals surface area contributed by atoms with Gasteiger partial charge < -0.3 is 10.0 Å². The van der Waals surface area contributed by atoms with E-state index in [2.05, 4.69) is 10.3 Å². The Morgan fingerprint density at radius 3 is 2.31 bits per heavy atom. The zero-order valence-electron chi connectivity index (χ0n) is 9.35. The van der Waals surface area contributed by atoms with Gasteiger partial charge in [0.05, 0.1) is 11.8 Å². The number of amides is 1. The molecule has 0 spiro atoms. The fourth-order valence-electron chi connectivity index (χ4n) is 1.91. The van der Waals surface area contributed by atoms with Crippen LogP contribution in [0.2, 0.25) is 0 Å². The third kappa shape index (κ3) is 2.51. The van der Waals surface area contributed by atoms with E-state index in [1.165, 1.54) is 0 Å². The molecule has 0 radical (unpaired) electrons. The van der Waals surface area contributed by atoms with Crippen molar-refractivity contribution in [1.29, 1.82) is 0 Å². The second kappa shape index (κ2) is 4.39. The van der Waals surface area contributed by atoms with Crippen molar-refractivity contribution in [2.24, 2.45) is 11.8 Å². The molecule has 1 saturated heterocycles. The lowest BCUT2D eigenvalue weighted by Crippen LogP contribution is -2.53. The van der Waals surface area contributed by atoms with Gasteiger partial charge >= 0.3 is 5.97 Å². The molecule has 1 amide bonds. The summed E-state index contributed by atoms with van der Waals surface area (Å²) in [6.07, 6.45) is 0.481. The Morgan fingerprint density at radius 1 is 1.19 bits per heavy atom. The number of hydrogen-bond donors (Lipinski definition) is 2. The Labute approximate surface area is 94.2 Å². The van der Waals surface area contributed by atoms with Gasteiger partial charge in [-0.3, -0.25) is 15.0 Å². The fourth-order valence-corrected chi connectivity index (χ4v) is 1.91. The van der Waals surface area contributed by atoms with E-state index in [0.717, 1.165) is 26.2 Å². The van der Waals surface area contributed by atoms with E-state index in [0.29, 0.717) is 6.42 Å². The second-order valence-corrected chi connectivity index (χ2v) is 4.55. The van der Waals surface area contributed by atoms with E-state index in [-0.39, 0.29) is 11.8 Å². The molecule has 2 fully saturated rings. The molecule has 1 aliphatic heterocycles. The van der Waals surface area contributed by atoms with Crippen LogP contribution in [0.25, 0.3) is 0 Å². The maximum absolute atomic E-state index is 11.6. The summed E-state index contributed by atoms with van der Waals surface area (Å²) in [5.74, 6) is -1.79. The fraction of sp³-hybridized carbons (Fsp3) is 0.800. The van der Waals surface area contributed by atoms with Gasteiger partial charge in [0.2, 0.25) is 5.91 Å². The maximum atomic E-state index is 11.6. The zero-order chi connectivity index (χ0) is 11.7. The molecule has 0 aromatic carbocycles. The molecule has 90 valence electrons. The largest absolute Gasteiger partial charge is 0.481 e. The Kier molecular flexibility index (Phi) is 3.11. The number of carboxylic acids is 1. The molecule has 2 rings (SSSR count). The van der Waals surface area contributed by atoms with Crippen LogP contribution in [-0.4, -0.2) is 60.1 Å². The number of piperazine rings is 1. The molecule has 0 bridgehead atoms. The summed E-state index contributed by atoms with van der Waals surface area (Å²) in [5.41, 5.74) is 2.79. The minimum atomic E-state index is -0.862. The number of likely N-dealkylation sites (N-methyl/N-ethyl adjacent to an activating group) is 1. The maximum Gasteiger partial charge on any atom is 0.307 e. The topological polar surface area (TPSA) is 72.9 Å². The first-order valence-corrected chi connectivity index (χ1v) is 5.54. The predicted octanol–water partition coefficient (Wildman–Crippen LogP) is -1.01. The number of rotatable bonds is 3. The molecule has 1 heterocycles. The smallest absolute Gasteiger partial charge is 0.307 e. The van der Waals surface area contributed by atoms with Gasteiger partial charge in [-0.2, -0.15) is 0 Å². The van der Waals surface area contributed by atoms with E-state index in [9.17, 15) is 9.59 Å². The Morgan fingerprint density at radius 2 is 1.81 bits per heavy atom. The highest BCUT2D eigenvalue weighted by Crippen LogP contribution is 2.38. The molecule has 0 aromatic rings. The van der Waals surface area contributed by atoms with Crippen LogP contribution >= 0.6 is 0 Å². The van der Waals surface area contributed by atoms with Crippen molar-refractivity contribution in [1.82, 2.24) is 15.3 Å². The Balaban J connectivity index is 1.74. The molecule has 6 heteroatoms. The molecule has 2 N–H and O–H groups in total. The first kappa shape index (κ1) is 11.3. The van der Waals surface area contributed by atoms with Gasteiger partial charge in [-0.25, -0.2) is 5.01 Å². The number of carboxylic acid groups (broad SMARTS) is 1. The second-order valence-electron chi connectivity index (χ2n) is 4.55. The summed E-state index contributed by atoms with van der Waals surface area (Å²) in [6, 6.07) is 0. The molecule has 2 atom stereocenters. The van der Waals surface area contributed by atoms with Gasteiger partial charge in [-0.05, 0) is 13.5 Å². The summed E-state index contributed by atoms with van der Waals surface area (Å²) in [4.78, 5) is 24.4. The number of nitrogens with one attached hydrogen (secondary N) is 1. The van der Waals surface area contributed by atoms with Crippen LogP contribution in [-0.2, 0) is 9.59 Å². The molecular formula is C10H17N3O3. The monoisotopic (exact) mass is 227 g/mol. The van der Waals surface area contributed by atoms with E-state index >= 15 is 0 Å². The molecule has 1 aliphatic carbocycles. The van der Waals surface area contributed by atoms with Crippen molar-refractivity contribution in [3.8, 4) is 0 Å². The van der Waals surface area contributed by atoms with Crippen molar-refractivity contribution in [3.05, 3.63) is 0 Å². The minimum Gasteiger partial charge on any atom is -0.481 e. The third-order valence-corrected chi connectivity index (χ3v) is 3.22. The number of aliphatic carboxylic acids is 1. The molecule has 16 heavy (non-hydrogen) atoms. The zero-order valence-corrected chi connectivity index (χ0v) is 9.35. The van der Waals surface area contributed by atoms with Gasteiger partial charge in [0, 0.05) is 26.2 Å². The van der Waals surface area contributed by atoms with Crippen LogP contribution in [0.4, 0.5) is 0 Å². The van der Waals surface area contributed by atoms with Crippen molar-refractivity contribution in [2.75, 3.05) is 33.2 Å².